The molecule has 0 unspecified atom stereocenters. The summed E-state index contributed by atoms with van der Waals surface area (Å²) in [5, 5.41) is 12.8. The van der Waals surface area contributed by atoms with Crippen molar-refractivity contribution >= 4 is 21.6 Å². The minimum atomic E-state index is -3.89. The van der Waals surface area contributed by atoms with Crippen LogP contribution >= 0.6 is 0 Å². The molecule has 1 aliphatic heterocycles. The Labute approximate surface area is 189 Å². The monoisotopic (exact) mass is 461 g/mol. The Bertz CT molecular complexity index is 1060. The minimum absolute atomic E-state index is 0.0599. The standard InChI is InChI=1S/C23H31N3O5S/c1-15-8-10-18(11-9-15)32(29,30)25-20-7-5-6-19-22(20)31-21(12-24-4)16(2)13-26(23(19)28)17(3)14-27/h5-11,16-17,21,24-25,27H,12-14H2,1-4H3/t16-,17+,21+/m1/s1. The second kappa shape index (κ2) is 9.89. The Hall–Kier alpha value is -2.62. The summed E-state index contributed by atoms with van der Waals surface area (Å²) < 4.78 is 34.9. The number of carbonyl (C=O) groups is 1. The van der Waals surface area contributed by atoms with Gasteiger partial charge in [0, 0.05) is 19.0 Å². The molecule has 0 bridgehead atoms. The molecule has 32 heavy (non-hydrogen) atoms. The summed E-state index contributed by atoms with van der Waals surface area (Å²) >= 11 is 0. The van der Waals surface area contributed by atoms with Gasteiger partial charge in [-0.3, -0.25) is 9.52 Å². The highest BCUT2D eigenvalue weighted by Gasteiger charge is 2.34. The lowest BCUT2D eigenvalue weighted by atomic mass is 9.99. The number of fused-ring (bicyclic) bond motifs is 1. The quantitative estimate of drug-likeness (QED) is 0.584. The zero-order chi connectivity index (χ0) is 23.5. The lowest BCUT2D eigenvalue weighted by Crippen LogP contribution is -2.49. The summed E-state index contributed by atoms with van der Waals surface area (Å²) in [5.74, 6) is -0.182. The van der Waals surface area contributed by atoms with Gasteiger partial charge in [0.15, 0.2) is 5.75 Å². The van der Waals surface area contributed by atoms with E-state index in [1.165, 1.54) is 12.1 Å². The molecule has 3 N–H and O–H groups in total. The molecule has 0 aliphatic carbocycles. The maximum Gasteiger partial charge on any atom is 0.262 e. The molecule has 9 heteroatoms. The lowest BCUT2D eigenvalue weighted by Gasteiger charge is -2.37. The van der Waals surface area contributed by atoms with E-state index in [1.807, 2.05) is 13.8 Å². The second-order valence-electron chi connectivity index (χ2n) is 8.28. The maximum absolute atomic E-state index is 13.4. The molecule has 0 aromatic heterocycles. The van der Waals surface area contributed by atoms with E-state index < -0.39 is 10.0 Å². The highest BCUT2D eigenvalue weighted by atomic mass is 32.2. The number of sulfonamides is 1. The number of rotatable bonds is 7. The van der Waals surface area contributed by atoms with Gasteiger partial charge in [0.05, 0.1) is 28.8 Å². The SMILES string of the molecule is CNC[C@@H]1Oc2c(NS(=O)(=O)c3ccc(C)cc3)cccc2C(=O)N([C@@H](C)CO)C[C@H]1C. The minimum Gasteiger partial charge on any atom is -0.486 e. The molecular formula is C23H31N3O5S. The van der Waals surface area contributed by atoms with Gasteiger partial charge < -0.3 is 20.1 Å². The third kappa shape index (κ3) is 5.06. The number of likely N-dealkylation sites (N-methyl/N-ethyl adjacent to an activating group) is 1. The number of ether oxygens (including phenoxy) is 1. The Morgan fingerprint density at radius 2 is 1.91 bits per heavy atom. The third-order valence-corrected chi connectivity index (χ3v) is 7.05. The van der Waals surface area contributed by atoms with E-state index in [9.17, 15) is 18.3 Å². The average molecular weight is 462 g/mol. The van der Waals surface area contributed by atoms with Gasteiger partial charge in [0.25, 0.3) is 15.9 Å². The number of para-hydroxylation sites is 1. The summed E-state index contributed by atoms with van der Waals surface area (Å²) in [6, 6.07) is 10.9. The first kappa shape index (κ1) is 24.0. The molecule has 3 atom stereocenters. The van der Waals surface area contributed by atoms with Crippen LogP contribution in [0.15, 0.2) is 47.4 Å². The number of anilines is 1. The van der Waals surface area contributed by atoms with Gasteiger partial charge in [-0.05, 0) is 45.2 Å². The number of aliphatic hydroxyl groups is 1. The van der Waals surface area contributed by atoms with Crippen LogP contribution in [0.4, 0.5) is 5.69 Å². The van der Waals surface area contributed by atoms with Gasteiger partial charge in [-0.15, -0.1) is 0 Å². The predicted molar refractivity (Wildman–Crippen MR) is 124 cm³/mol. The van der Waals surface area contributed by atoms with Crippen LogP contribution in [0.5, 0.6) is 5.75 Å². The zero-order valence-corrected chi connectivity index (χ0v) is 19.6. The maximum atomic E-state index is 13.4. The topological polar surface area (TPSA) is 108 Å². The number of aliphatic hydroxyl groups excluding tert-OH is 1. The Morgan fingerprint density at radius 1 is 1.22 bits per heavy atom. The molecule has 3 rings (SSSR count). The van der Waals surface area contributed by atoms with Crippen LogP contribution in [0.25, 0.3) is 0 Å². The summed E-state index contributed by atoms with van der Waals surface area (Å²) in [6.45, 7) is 6.37. The van der Waals surface area contributed by atoms with E-state index in [0.29, 0.717) is 13.1 Å². The van der Waals surface area contributed by atoms with Crippen molar-refractivity contribution in [3.63, 3.8) is 0 Å². The smallest absolute Gasteiger partial charge is 0.262 e. The van der Waals surface area contributed by atoms with Gasteiger partial charge >= 0.3 is 0 Å². The van der Waals surface area contributed by atoms with Gasteiger partial charge in [0.2, 0.25) is 0 Å². The van der Waals surface area contributed by atoms with E-state index in [4.69, 9.17) is 4.74 Å². The number of aryl methyl sites for hydroxylation is 1. The van der Waals surface area contributed by atoms with Crippen LogP contribution in [-0.4, -0.2) is 63.2 Å². The first-order chi connectivity index (χ1) is 15.2. The van der Waals surface area contributed by atoms with Gasteiger partial charge in [-0.25, -0.2) is 8.42 Å². The van der Waals surface area contributed by atoms with Crippen LogP contribution in [0.1, 0.15) is 29.8 Å². The van der Waals surface area contributed by atoms with Crippen molar-refractivity contribution < 1.29 is 23.1 Å². The van der Waals surface area contributed by atoms with Crippen molar-refractivity contribution in [1.82, 2.24) is 10.2 Å². The Kier molecular flexibility index (Phi) is 7.43. The fraction of sp³-hybridized carbons (Fsp3) is 0.435. The first-order valence-corrected chi connectivity index (χ1v) is 12.1. The van der Waals surface area contributed by atoms with E-state index >= 15 is 0 Å². The number of benzene rings is 2. The third-order valence-electron chi connectivity index (χ3n) is 5.67. The molecule has 0 fully saturated rings. The predicted octanol–water partition coefficient (Wildman–Crippen LogP) is 2.24. The lowest BCUT2D eigenvalue weighted by molar-refractivity contribution is 0.0417. The largest absolute Gasteiger partial charge is 0.486 e. The molecular weight excluding hydrogens is 430 g/mol. The van der Waals surface area contributed by atoms with Crippen molar-refractivity contribution in [2.75, 3.05) is 31.5 Å². The number of hydrogen-bond donors (Lipinski definition) is 3. The number of amides is 1. The van der Waals surface area contributed by atoms with Crippen LogP contribution in [0, 0.1) is 12.8 Å². The average Bonchev–Trinajstić information content (AvgIpc) is 2.76. The van der Waals surface area contributed by atoms with Crippen LogP contribution in [0.3, 0.4) is 0 Å². The number of carbonyl (C=O) groups excluding carboxylic acids is 1. The number of hydrogen-bond acceptors (Lipinski definition) is 6. The summed E-state index contributed by atoms with van der Waals surface area (Å²) in [7, 11) is -2.08. The van der Waals surface area contributed by atoms with Crippen molar-refractivity contribution in [3.8, 4) is 5.75 Å². The molecule has 1 amide bonds. The Balaban J connectivity index is 2.08. The Morgan fingerprint density at radius 3 is 2.53 bits per heavy atom. The second-order valence-corrected chi connectivity index (χ2v) is 9.96. The fourth-order valence-electron chi connectivity index (χ4n) is 3.69. The van der Waals surface area contributed by atoms with Crippen molar-refractivity contribution in [2.45, 2.75) is 37.8 Å². The first-order valence-electron chi connectivity index (χ1n) is 10.6. The van der Waals surface area contributed by atoms with E-state index in [0.717, 1.165) is 5.56 Å². The van der Waals surface area contributed by atoms with Gasteiger partial charge in [-0.1, -0.05) is 30.7 Å². The highest BCUT2D eigenvalue weighted by Crippen LogP contribution is 2.35. The molecule has 174 valence electrons. The van der Waals surface area contributed by atoms with Crippen LogP contribution in [-0.2, 0) is 10.0 Å². The van der Waals surface area contributed by atoms with E-state index in [2.05, 4.69) is 10.0 Å². The highest BCUT2D eigenvalue weighted by molar-refractivity contribution is 7.92. The molecule has 0 saturated heterocycles. The number of nitrogens with zero attached hydrogens (tertiary/aromatic N) is 1. The van der Waals surface area contributed by atoms with Gasteiger partial charge in [0.1, 0.15) is 6.10 Å². The molecule has 0 radical (unpaired) electrons. The van der Waals surface area contributed by atoms with E-state index in [1.54, 1.807) is 49.2 Å². The molecule has 0 spiro atoms. The summed E-state index contributed by atoms with van der Waals surface area (Å²) in [4.78, 5) is 15.1. The molecule has 1 heterocycles. The molecule has 2 aromatic carbocycles. The molecule has 2 aromatic rings. The molecule has 1 aliphatic rings. The normalized spacial score (nSPS) is 20.0. The summed E-state index contributed by atoms with van der Waals surface area (Å²) in [6.07, 6.45) is -0.315. The molecule has 8 nitrogen and oxygen atoms in total. The van der Waals surface area contributed by atoms with Gasteiger partial charge in [-0.2, -0.15) is 0 Å². The summed E-state index contributed by atoms with van der Waals surface area (Å²) in [5.41, 5.74) is 1.40. The molecule has 0 saturated carbocycles. The fourth-order valence-corrected chi connectivity index (χ4v) is 4.75. The van der Waals surface area contributed by atoms with E-state index in [-0.39, 0.29) is 52.5 Å². The zero-order valence-electron chi connectivity index (χ0n) is 18.8. The van der Waals surface area contributed by atoms with Crippen LogP contribution in [0.2, 0.25) is 0 Å². The van der Waals surface area contributed by atoms with Crippen molar-refractivity contribution in [3.05, 3.63) is 53.6 Å². The number of nitrogens with one attached hydrogen (secondary N) is 2. The van der Waals surface area contributed by atoms with Crippen molar-refractivity contribution in [2.24, 2.45) is 5.92 Å². The van der Waals surface area contributed by atoms with Crippen LogP contribution < -0.4 is 14.8 Å². The van der Waals surface area contributed by atoms with Crippen molar-refractivity contribution in [1.29, 1.82) is 0 Å².